The number of nitrogens with zero attached hydrogens (tertiary/aromatic N) is 2. The van der Waals surface area contributed by atoms with Crippen molar-refractivity contribution in [3.05, 3.63) is 125 Å². The Morgan fingerprint density at radius 1 is 0.867 bits per heavy atom. The molecule has 236 valence electrons. The summed E-state index contributed by atoms with van der Waals surface area (Å²) in [5, 5.41) is 3.25. The van der Waals surface area contributed by atoms with Crippen molar-refractivity contribution in [2.24, 2.45) is 0 Å². The van der Waals surface area contributed by atoms with Gasteiger partial charge >= 0.3 is 0 Å². The normalized spacial score (nSPS) is 11.8. The van der Waals surface area contributed by atoms with E-state index in [2.05, 4.69) is 5.32 Å². The van der Waals surface area contributed by atoms with Crippen LogP contribution in [0.1, 0.15) is 30.5 Å². The number of hydrogen-bond acceptors (Lipinski definition) is 5. The van der Waals surface area contributed by atoms with Crippen LogP contribution in [0.15, 0.2) is 108 Å². The zero-order valence-electron chi connectivity index (χ0n) is 25.6. The summed E-state index contributed by atoms with van der Waals surface area (Å²) in [5.41, 5.74) is 2.96. The summed E-state index contributed by atoms with van der Waals surface area (Å²) < 4.78 is 34.8. The van der Waals surface area contributed by atoms with Gasteiger partial charge < -0.3 is 15.0 Å². The van der Waals surface area contributed by atoms with E-state index < -0.39 is 28.5 Å². The lowest BCUT2D eigenvalue weighted by Gasteiger charge is -2.34. The summed E-state index contributed by atoms with van der Waals surface area (Å²) in [6, 6.07) is 28.5. The van der Waals surface area contributed by atoms with Gasteiger partial charge in [-0.25, -0.2) is 8.42 Å². The fraction of sp³-hybridized carbons (Fsp3) is 0.257. The van der Waals surface area contributed by atoms with Gasteiger partial charge in [0, 0.05) is 24.5 Å². The monoisotopic (exact) mass is 647 g/mol. The number of hydrogen-bond donors (Lipinski definition) is 1. The van der Waals surface area contributed by atoms with Gasteiger partial charge in [0.2, 0.25) is 11.8 Å². The highest BCUT2D eigenvalue weighted by Crippen LogP contribution is 2.28. The first-order chi connectivity index (χ1) is 21.6. The Balaban J connectivity index is 1.79. The van der Waals surface area contributed by atoms with Crippen molar-refractivity contribution < 1.29 is 22.7 Å². The molecule has 4 aromatic rings. The van der Waals surface area contributed by atoms with Gasteiger partial charge in [-0.3, -0.25) is 13.9 Å². The molecule has 0 aromatic heterocycles. The standard InChI is InChI=1S/C35H38ClN3O5S/c1-4-37-35(41)33(23-27-11-7-6-8-12-27)38(24-28-13-9-10-26(3)22-28)34(40)25-39(30-16-18-31(19-17-30)44-5-2)45(42,43)32-20-14-29(36)15-21-32/h6-22,33H,4-5,23-25H2,1-3H3,(H,37,41)/t33-/m0/s1. The molecular formula is C35H38ClN3O5S. The maximum absolute atomic E-state index is 14.5. The highest BCUT2D eigenvalue weighted by atomic mass is 35.5. The molecule has 8 nitrogen and oxygen atoms in total. The van der Waals surface area contributed by atoms with E-state index in [9.17, 15) is 18.0 Å². The minimum absolute atomic E-state index is 0.0246. The maximum Gasteiger partial charge on any atom is 0.264 e. The number of aryl methyl sites for hydroxylation is 1. The number of rotatable bonds is 14. The lowest BCUT2D eigenvalue weighted by atomic mass is 10.0. The zero-order valence-corrected chi connectivity index (χ0v) is 27.2. The van der Waals surface area contributed by atoms with E-state index in [0.717, 1.165) is 21.0 Å². The molecule has 1 atom stereocenters. The lowest BCUT2D eigenvalue weighted by Crippen LogP contribution is -2.53. The minimum Gasteiger partial charge on any atom is -0.494 e. The molecule has 0 aliphatic carbocycles. The number of likely N-dealkylation sites (N-methyl/N-ethyl adjacent to an activating group) is 1. The summed E-state index contributed by atoms with van der Waals surface area (Å²) in [7, 11) is -4.23. The van der Waals surface area contributed by atoms with E-state index in [1.807, 2.05) is 75.4 Å². The first-order valence-electron chi connectivity index (χ1n) is 14.8. The van der Waals surface area contributed by atoms with Crippen molar-refractivity contribution in [2.75, 3.05) is 24.0 Å². The molecule has 2 amide bonds. The van der Waals surface area contributed by atoms with E-state index in [4.69, 9.17) is 16.3 Å². The van der Waals surface area contributed by atoms with Crippen LogP contribution in [0.25, 0.3) is 0 Å². The van der Waals surface area contributed by atoms with Gasteiger partial charge in [-0.05, 0) is 80.4 Å². The van der Waals surface area contributed by atoms with Gasteiger partial charge in [0.05, 0.1) is 17.2 Å². The van der Waals surface area contributed by atoms with Crippen LogP contribution in [0, 0.1) is 6.92 Å². The van der Waals surface area contributed by atoms with E-state index in [-0.39, 0.29) is 29.5 Å². The third-order valence-electron chi connectivity index (χ3n) is 7.17. The van der Waals surface area contributed by atoms with Crippen LogP contribution in [0.5, 0.6) is 5.75 Å². The first kappa shape index (κ1) is 33.6. The zero-order chi connectivity index (χ0) is 32.4. The second-order valence-electron chi connectivity index (χ2n) is 10.5. The number of anilines is 1. The predicted octanol–water partition coefficient (Wildman–Crippen LogP) is 6.02. The molecule has 0 unspecified atom stereocenters. The third-order valence-corrected chi connectivity index (χ3v) is 9.21. The van der Waals surface area contributed by atoms with E-state index in [1.54, 1.807) is 24.3 Å². The van der Waals surface area contributed by atoms with Crippen LogP contribution < -0.4 is 14.4 Å². The first-order valence-corrected chi connectivity index (χ1v) is 16.6. The molecule has 45 heavy (non-hydrogen) atoms. The molecule has 0 spiro atoms. The number of benzene rings is 4. The largest absolute Gasteiger partial charge is 0.494 e. The molecule has 4 rings (SSSR count). The van der Waals surface area contributed by atoms with Crippen LogP contribution in [0.2, 0.25) is 5.02 Å². The van der Waals surface area contributed by atoms with Gasteiger partial charge in [0.1, 0.15) is 18.3 Å². The molecule has 1 N–H and O–H groups in total. The molecule has 10 heteroatoms. The number of amides is 2. The second-order valence-corrected chi connectivity index (χ2v) is 12.8. The summed E-state index contributed by atoms with van der Waals surface area (Å²) in [6.07, 6.45) is 0.247. The third kappa shape index (κ3) is 8.86. The topological polar surface area (TPSA) is 96.0 Å². The highest BCUT2D eigenvalue weighted by molar-refractivity contribution is 7.92. The van der Waals surface area contributed by atoms with Crippen molar-refractivity contribution in [3.63, 3.8) is 0 Å². The fourth-order valence-corrected chi connectivity index (χ4v) is 6.53. The fourth-order valence-electron chi connectivity index (χ4n) is 4.99. The summed E-state index contributed by atoms with van der Waals surface area (Å²) in [6.45, 7) is 6.00. The Bertz CT molecular complexity index is 1680. The van der Waals surface area contributed by atoms with Gasteiger partial charge in [-0.2, -0.15) is 0 Å². The molecule has 0 fully saturated rings. The molecule has 0 bridgehead atoms. The number of carbonyl (C=O) groups excluding carboxylic acids is 2. The average molecular weight is 648 g/mol. The molecule has 0 heterocycles. The molecule has 0 saturated heterocycles. The highest BCUT2D eigenvalue weighted by Gasteiger charge is 2.34. The quantitative estimate of drug-likeness (QED) is 0.181. The number of ether oxygens (including phenoxy) is 1. The van der Waals surface area contributed by atoms with Crippen molar-refractivity contribution in [3.8, 4) is 5.75 Å². The van der Waals surface area contributed by atoms with Crippen LogP contribution in [-0.2, 0) is 32.6 Å². The second kappa shape index (κ2) is 15.6. The van der Waals surface area contributed by atoms with Gasteiger partial charge in [0.15, 0.2) is 0 Å². The SMILES string of the molecule is CCNC(=O)[C@H](Cc1ccccc1)N(Cc1cccc(C)c1)C(=O)CN(c1ccc(OCC)cc1)S(=O)(=O)c1ccc(Cl)cc1. The van der Waals surface area contributed by atoms with Crippen molar-refractivity contribution in [1.29, 1.82) is 0 Å². The van der Waals surface area contributed by atoms with Crippen molar-refractivity contribution in [2.45, 2.75) is 44.7 Å². The Hall–Kier alpha value is -4.34. The van der Waals surface area contributed by atoms with E-state index in [0.29, 0.717) is 23.9 Å². The van der Waals surface area contributed by atoms with Crippen LogP contribution in [0.3, 0.4) is 0 Å². The molecular weight excluding hydrogens is 610 g/mol. The molecule has 0 aliphatic heterocycles. The number of carbonyl (C=O) groups is 2. The maximum atomic E-state index is 14.5. The van der Waals surface area contributed by atoms with Crippen LogP contribution in [0.4, 0.5) is 5.69 Å². The Morgan fingerprint density at radius 2 is 1.53 bits per heavy atom. The number of nitrogens with one attached hydrogen (secondary N) is 1. The molecule has 4 aromatic carbocycles. The predicted molar refractivity (Wildman–Crippen MR) is 178 cm³/mol. The minimum atomic E-state index is -4.23. The summed E-state index contributed by atoms with van der Waals surface area (Å²) in [5.74, 6) is -0.290. The summed E-state index contributed by atoms with van der Waals surface area (Å²) in [4.78, 5) is 29.5. The Kier molecular flexibility index (Phi) is 11.6. The number of sulfonamides is 1. The van der Waals surface area contributed by atoms with Gasteiger partial charge in [0.25, 0.3) is 10.0 Å². The van der Waals surface area contributed by atoms with Gasteiger partial charge in [-0.15, -0.1) is 0 Å². The van der Waals surface area contributed by atoms with Gasteiger partial charge in [-0.1, -0.05) is 71.8 Å². The summed E-state index contributed by atoms with van der Waals surface area (Å²) >= 11 is 6.06. The number of halogens is 1. The van der Waals surface area contributed by atoms with Crippen LogP contribution >= 0.6 is 11.6 Å². The molecule has 0 aliphatic rings. The van der Waals surface area contributed by atoms with E-state index >= 15 is 0 Å². The lowest BCUT2D eigenvalue weighted by molar-refractivity contribution is -0.140. The van der Waals surface area contributed by atoms with Crippen LogP contribution in [-0.4, -0.2) is 50.9 Å². The molecule has 0 radical (unpaired) electrons. The average Bonchev–Trinajstić information content (AvgIpc) is 3.03. The Labute approximate surface area is 270 Å². The van der Waals surface area contributed by atoms with Crippen molar-refractivity contribution in [1.82, 2.24) is 10.2 Å². The smallest absolute Gasteiger partial charge is 0.264 e. The molecule has 0 saturated carbocycles. The Morgan fingerprint density at radius 3 is 2.16 bits per heavy atom. The van der Waals surface area contributed by atoms with E-state index in [1.165, 1.54) is 29.2 Å². The van der Waals surface area contributed by atoms with Crippen molar-refractivity contribution >= 4 is 39.1 Å².